The standard InChI is InChI=1S/C32H30Br2Si/c1-17-11-27-19(3)25-9-7-23(33)13-21(25)15-29(27)31(17)35(5,6)32-18(2)12-28-20(4)26-10-8-24(34)14-22(26)16-30(28)32/h7-16,19-20H,1-6H3. The van der Waals surface area contributed by atoms with Gasteiger partial charge in [-0.2, -0.15) is 0 Å². The molecule has 2 atom stereocenters. The van der Waals surface area contributed by atoms with Crippen LogP contribution in [0.3, 0.4) is 0 Å². The minimum atomic E-state index is -2.01. The molecule has 0 heterocycles. The number of fused-ring (bicyclic) bond motifs is 4. The average Bonchev–Trinajstić information content (AvgIpc) is 3.30. The highest BCUT2D eigenvalue weighted by Gasteiger charge is 2.44. The molecule has 2 aromatic rings. The first-order valence-corrected chi connectivity index (χ1v) is 17.1. The van der Waals surface area contributed by atoms with Crippen molar-refractivity contribution in [2.24, 2.45) is 0 Å². The molecular formula is C32H30Br2Si. The van der Waals surface area contributed by atoms with E-state index in [1.54, 1.807) is 10.4 Å². The highest BCUT2D eigenvalue weighted by Crippen LogP contribution is 2.54. The van der Waals surface area contributed by atoms with Crippen LogP contribution in [0.2, 0.25) is 13.1 Å². The molecule has 0 N–H and O–H groups in total. The van der Waals surface area contributed by atoms with Crippen molar-refractivity contribution < 1.29 is 0 Å². The number of halogens is 2. The molecule has 0 aromatic heterocycles. The zero-order valence-electron chi connectivity index (χ0n) is 21.2. The number of rotatable bonds is 2. The Labute approximate surface area is 227 Å². The lowest BCUT2D eigenvalue weighted by atomic mass is 9.81. The van der Waals surface area contributed by atoms with E-state index < -0.39 is 8.07 Å². The molecular weight excluding hydrogens is 572 g/mol. The van der Waals surface area contributed by atoms with Crippen LogP contribution < -0.4 is 0 Å². The number of allylic oxidation sites excluding steroid dienone is 10. The van der Waals surface area contributed by atoms with E-state index in [9.17, 15) is 0 Å². The van der Waals surface area contributed by atoms with Crippen LogP contribution in [0.25, 0.3) is 12.2 Å². The van der Waals surface area contributed by atoms with Crippen molar-refractivity contribution in [3.63, 3.8) is 0 Å². The first kappa shape index (κ1) is 23.5. The smallest absolute Gasteiger partial charge is 0.0616 e. The lowest BCUT2D eigenvalue weighted by Gasteiger charge is -2.35. The fourth-order valence-corrected chi connectivity index (χ4v) is 12.0. The van der Waals surface area contributed by atoms with E-state index in [0.717, 1.165) is 8.95 Å². The molecule has 35 heavy (non-hydrogen) atoms. The molecule has 0 saturated carbocycles. The molecule has 0 bridgehead atoms. The van der Waals surface area contributed by atoms with Gasteiger partial charge in [-0.1, -0.05) is 94.2 Å². The second-order valence-corrected chi connectivity index (χ2v) is 17.1. The molecule has 0 aliphatic heterocycles. The Morgan fingerprint density at radius 3 is 1.43 bits per heavy atom. The van der Waals surface area contributed by atoms with Crippen LogP contribution in [0.15, 0.2) is 101 Å². The van der Waals surface area contributed by atoms with E-state index >= 15 is 0 Å². The van der Waals surface area contributed by atoms with E-state index in [-0.39, 0.29) is 0 Å². The number of hydrogen-bond acceptors (Lipinski definition) is 0. The minimum Gasteiger partial charge on any atom is -0.0616 e. The van der Waals surface area contributed by atoms with Gasteiger partial charge in [-0.15, -0.1) is 0 Å². The van der Waals surface area contributed by atoms with Gasteiger partial charge in [0, 0.05) is 20.8 Å². The van der Waals surface area contributed by atoms with Crippen LogP contribution in [-0.2, 0) is 0 Å². The summed E-state index contributed by atoms with van der Waals surface area (Å²) in [4.78, 5) is 0. The zero-order chi connectivity index (χ0) is 24.8. The van der Waals surface area contributed by atoms with E-state index in [0.29, 0.717) is 11.8 Å². The quantitative estimate of drug-likeness (QED) is 0.300. The van der Waals surface area contributed by atoms with Crippen LogP contribution in [-0.4, -0.2) is 8.07 Å². The molecule has 0 radical (unpaired) electrons. The summed E-state index contributed by atoms with van der Waals surface area (Å²) in [5, 5.41) is 3.23. The van der Waals surface area contributed by atoms with Gasteiger partial charge in [-0.25, -0.2) is 0 Å². The van der Waals surface area contributed by atoms with Gasteiger partial charge < -0.3 is 0 Å². The molecule has 0 spiro atoms. The van der Waals surface area contributed by atoms with Gasteiger partial charge in [0.15, 0.2) is 0 Å². The predicted molar refractivity (Wildman–Crippen MR) is 160 cm³/mol. The second-order valence-electron chi connectivity index (χ2n) is 11.0. The Morgan fingerprint density at radius 1 is 0.629 bits per heavy atom. The molecule has 176 valence electrons. The molecule has 3 heteroatoms. The number of benzene rings is 2. The Hall–Kier alpha value is -1.94. The van der Waals surface area contributed by atoms with Gasteiger partial charge in [0.05, 0.1) is 0 Å². The van der Waals surface area contributed by atoms with Gasteiger partial charge in [-0.3, -0.25) is 0 Å². The first-order chi connectivity index (χ1) is 16.6. The molecule has 0 amide bonds. The summed E-state index contributed by atoms with van der Waals surface area (Å²) in [5.74, 6) is 0.835. The normalized spacial score (nSPS) is 22.7. The summed E-state index contributed by atoms with van der Waals surface area (Å²) < 4.78 is 2.30. The van der Waals surface area contributed by atoms with E-state index in [4.69, 9.17) is 0 Å². The fourth-order valence-electron chi connectivity index (χ4n) is 7.07. The predicted octanol–water partition coefficient (Wildman–Crippen LogP) is 10.2. The summed E-state index contributed by atoms with van der Waals surface area (Å²) in [6.45, 7) is 14.6. The Morgan fingerprint density at radius 2 is 1.03 bits per heavy atom. The summed E-state index contributed by atoms with van der Waals surface area (Å²) in [7, 11) is -2.01. The maximum atomic E-state index is 3.70. The minimum absolute atomic E-state index is 0.417. The van der Waals surface area contributed by atoms with Crippen molar-refractivity contribution in [3.05, 3.63) is 124 Å². The Balaban J connectivity index is 1.49. The highest BCUT2D eigenvalue weighted by molar-refractivity contribution is 9.10. The first-order valence-electron chi connectivity index (χ1n) is 12.5. The van der Waals surface area contributed by atoms with E-state index in [1.165, 1.54) is 55.7 Å². The van der Waals surface area contributed by atoms with Crippen LogP contribution >= 0.6 is 31.9 Å². The van der Waals surface area contributed by atoms with Gasteiger partial charge in [0.2, 0.25) is 0 Å². The second kappa shape index (κ2) is 8.03. The van der Waals surface area contributed by atoms with Crippen molar-refractivity contribution in [1.82, 2.24) is 0 Å². The third-order valence-electron chi connectivity index (χ3n) is 8.51. The lowest BCUT2D eigenvalue weighted by molar-refractivity contribution is 0.899. The summed E-state index contributed by atoms with van der Waals surface area (Å²) in [6, 6.07) is 13.5. The van der Waals surface area contributed by atoms with Crippen molar-refractivity contribution in [2.75, 3.05) is 0 Å². The molecule has 0 saturated heterocycles. The SMILES string of the molecule is CC1=C([Si](C)(C)C2=C(C)C=C3C2=Cc2cc(Br)ccc2C3C)C2=Cc3cc(Br)ccc3C(C)C2=C1. The van der Waals surface area contributed by atoms with Crippen LogP contribution in [0.4, 0.5) is 0 Å². The summed E-state index contributed by atoms with van der Waals surface area (Å²) in [5.41, 5.74) is 14.5. The van der Waals surface area contributed by atoms with Crippen molar-refractivity contribution >= 4 is 52.1 Å². The maximum Gasteiger partial charge on any atom is 0.114 e. The lowest BCUT2D eigenvalue weighted by Crippen LogP contribution is -2.35. The van der Waals surface area contributed by atoms with Crippen molar-refractivity contribution in [2.45, 2.75) is 52.6 Å². The molecule has 4 aliphatic rings. The monoisotopic (exact) mass is 600 g/mol. The molecule has 0 fully saturated rings. The van der Waals surface area contributed by atoms with Gasteiger partial charge in [-0.05, 0) is 105 Å². The van der Waals surface area contributed by atoms with Gasteiger partial charge >= 0.3 is 0 Å². The summed E-state index contributed by atoms with van der Waals surface area (Å²) >= 11 is 7.40. The molecule has 4 aliphatic carbocycles. The van der Waals surface area contributed by atoms with Crippen LogP contribution in [0.5, 0.6) is 0 Å². The Kier molecular flexibility index (Phi) is 5.38. The Bertz CT molecular complexity index is 1410. The molecule has 0 nitrogen and oxygen atoms in total. The van der Waals surface area contributed by atoms with Crippen molar-refractivity contribution in [1.29, 1.82) is 0 Å². The largest absolute Gasteiger partial charge is 0.114 e. The van der Waals surface area contributed by atoms with Crippen LogP contribution in [0.1, 0.15) is 61.8 Å². The maximum absolute atomic E-state index is 3.70. The average molecular weight is 602 g/mol. The van der Waals surface area contributed by atoms with E-state index in [1.807, 2.05) is 0 Å². The highest BCUT2D eigenvalue weighted by atomic mass is 79.9. The topological polar surface area (TPSA) is 0 Å². The zero-order valence-corrected chi connectivity index (χ0v) is 25.4. The fraction of sp³-hybridized carbons (Fsp3) is 0.250. The summed E-state index contributed by atoms with van der Waals surface area (Å²) in [6.07, 6.45) is 9.90. The van der Waals surface area contributed by atoms with E-state index in [2.05, 4.69) is 133 Å². The van der Waals surface area contributed by atoms with Gasteiger partial charge in [0.25, 0.3) is 0 Å². The third kappa shape index (κ3) is 3.42. The van der Waals surface area contributed by atoms with Gasteiger partial charge in [0.1, 0.15) is 8.07 Å². The van der Waals surface area contributed by atoms with Crippen LogP contribution in [0, 0.1) is 0 Å². The number of hydrogen-bond donors (Lipinski definition) is 0. The molecule has 2 aromatic carbocycles. The third-order valence-corrected chi connectivity index (χ3v) is 13.3. The molecule has 6 rings (SSSR count). The van der Waals surface area contributed by atoms with Crippen molar-refractivity contribution in [3.8, 4) is 0 Å². The molecule has 2 unspecified atom stereocenters.